The molecule has 0 aromatic heterocycles. The van der Waals surface area contributed by atoms with Crippen LogP contribution in [0.15, 0.2) is 72.8 Å². The number of hydrogen-bond donors (Lipinski definition) is 0. The first kappa shape index (κ1) is 17.9. The maximum atomic E-state index is 12.9. The number of ether oxygens (including phenoxy) is 1. The molecule has 0 saturated heterocycles. The van der Waals surface area contributed by atoms with E-state index in [9.17, 15) is 13.2 Å². The molecule has 4 rings (SSSR count). The Kier molecular flexibility index (Phi) is 4.61. The summed E-state index contributed by atoms with van der Waals surface area (Å²) in [4.78, 5) is 0. The SMILES string of the molecule is COc1ccc2c(c1)[As](c1ccccc1)C(c1ccc(C(F)(F)F)cc1)=C2. The van der Waals surface area contributed by atoms with Gasteiger partial charge in [0.25, 0.3) is 0 Å². The molecule has 0 fully saturated rings. The quantitative estimate of drug-likeness (QED) is 0.562. The molecule has 1 nitrogen and oxygen atoms in total. The van der Waals surface area contributed by atoms with E-state index in [2.05, 4.69) is 24.3 Å². The van der Waals surface area contributed by atoms with Gasteiger partial charge < -0.3 is 0 Å². The molecule has 3 aromatic rings. The van der Waals surface area contributed by atoms with Gasteiger partial charge in [-0.25, -0.2) is 0 Å². The van der Waals surface area contributed by atoms with Crippen molar-refractivity contribution in [2.75, 3.05) is 7.11 Å². The zero-order chi connectivity index (χ0) is 19.0. The third kappa shape index (κ3) is 3.42. The molecule has 0 radical (unpaired) electrons. The normalized spacial score (nSPS) is 16.0. The molecule has 1 aliphatic rings. The van der Waals surface area contributed by atoms with Crippen molar-refractivity contribution in [3.8, 4) is 5.75 Å². The Bertz CT molecular complexity index is 992. The van der Waals surface area contributed by atoms with Crippen LogP contribution in [0.1, 0.15) is 16.7 Å². The van der Waals surface area contributed by atoms with Gasteiger partial charge in [-0.1, -0.05) is 0 Å². The predicted molar refractivity (Wildman–Crippen MR) is 104 cm³/mol. The first-order valence-corrected chi connectivity index (χ1v) is 11.2. The van der Waals surface area contributed by atoms with Gasteiger partial charge in [-0.05, 0) is 0 Å². The van der Waals surface area contributed by atoms with Crippen molar-refractivity contribution in [2.24, 2.45) is 0 Å². The van der Waals surface area contributed by atoms with Gasteiger partial charge in [-0.15, -0.1) is 0 Å². The second-order valence-corrected chi connectivity index (χ2v) is 10.7. The number of rotatable bonds is 3. The molecule has 27 heavy (non-hydrogen) atoms. The Labute approximate surface area is 160 Å². The number of benzene rings is 3. The summed E-state index contributed by atoms with van der Waals surface area (Å²) in [5, 5.41) is 0. The molecule has 0 spiro atoms. The van der Waals surface area contributed by atoms with E-state index in [-0.39, 0.29) is 0 Å². The maximum absolute atomic E-state index is 12.9. The molecule has 1 unspecified atom stereocenters. The minimum atomic E-state index is -4.32. The van der Waals surface area contributed by atoms with E-state index in [0.29, 0.717) is 0 Å². The van der Waals surface area contributed by atoms with Crippen LogP contribution < -0.4 is 13.4 Å². The molecular weight excluding hydrogens is 412 g/mol. The van der Waals surface area contributed by atoms with Crippen molar-refractivity contribution < 1.29 is 17.9 Å². The summed E-state index contributed by atoms with van der Waals surface area (Å²) in [7, 11) is 1.64. The summed E-state index contributed by atoms with van der Waals surface area (Å²) in [6.07, 6.45) is -2.21. The summed E-state index contributed by atoms with van der Waals surface area (Å²) >= 11 is -1.86. The molecule has 1 heterocycles. The van der Waals surface area contributed by atoms with E-state index in [1.165, 1.54) is 8.70 Å². The third-order valence-electron chi connectivity index (χ3n) is 4.53. The number of hydrogen-bond acceptors (Lipinski definition) is 1. The van der Waals surface area contributed by atoms with Crippen LogP contribution in [-0.4, -0.2) is 21.8 Å². The van der Waals surface area contributed by atoms with Crippen LogP contribution in [0.4, 0.5) is 13.2 Å². The molecule has 0 bridgehead atoms. The van der Waals surface area contributed by atoms with Crippen molar-refractivity contribution in [1.82, 2.24) is 0 Å². The zero-order valence-electron chi connectivity index (χ0n) is 14.5. The van der Waals surface area contributed by atoms with Crippen molar-refractivity contribution >= 4 is 33.8 Å². The van der Waals surface area contributed by atoms with E-state index in [0.717, 1.165) is 33.4 Å². The van der Waals surface area contributed by atoms with Gasteiger partial charge in [0.1, 0.15) is 0 Å². The average molecular weight is 428 g/mol. The second kappa shape index (κ2) is 6.94. The molecule has 1 atom stereocenters. The van der Waals surface area contributed by atoms with Gasteiger partial charge in [0.2, 0.25) is 0 Å². The minimum absolute atomic E-state index is 0.622. The molecule has 0 saturated carbocycles. The molecule has 3 aromatic carbocycles. The van der Waals surface area contributed by atoms with Crippen LogP contribution in [0.25, 0.3) is 10.4 Å². The Morgan fingerprint density at radius 2 is 1.56 bits per heavy atom. The average Bonchev–Trinajstić information content (AvgIpc) is 3.06. The van der Waals surface area contributed by atoms with Crippen molar-refractivity contribution in [3.05, 3.63) is 89.5 Å². The topological polar surface area (TPSA) is 9.23 Å². The van der Waals surface area contributed by atoms with Gasteiger partial charge in [0, 0.05) is 0 Å². The van der Waals surface area contributed by atoms with E-state index < -0.39 is 26.4 Å². The Morgan fingerprint density at radius 1 is 0.852 bits per heavy atom. The van der Waals surface area contributed by atoms with Gasteiger partial charge in [-0.2, -0.15) is 0 Å². The second-order valence-electron chi connectivity index (χ2n) is 6.20. The fourth-order valence-corrected chi connectivity index (χ4v) is 8.69. The van der Waals surface area contributed by atoms with Crippen molar-refractivity contribution in [2.45, 2.75) is 6.18 Å². The van der Waals surface area contributed by atoms with Crippen LogP contribution in [0.3, 0.4) is 0 Å². The fourth-order valence-electron chi connectivity index (χ4n) is 3.21. The standard InChI is InChI=1S/C22H16AsF3O/c1-27-19-12-9-16-13-20(15-7-10-17(11-8-15)22(24,25)26)23(21(16)14-19)18-5-3-2-4-6-18/h2-14H,1H3. The number of fused-ring (bicyclic) bond motifs is 1. The Balaban J connectivity index is 1.82. The zero-order valence-corrected chi connectivity index (χ0v) is 16.4. The number of methoxy groups -OCH3 is 1. The summed E-state index contributed by atoms with van der Waals surface area (Å²) < 4.78 is 47.8. The molecular formula is C22H16AsF3O. The molecule has 0 N–H and O–H groups in total. The van der Waals surface area contributed by atoms with E-state index in [1.54, 1.807) is 19.2 Å². The predicted octanol–water partition coefficient (Wildman–Crippen LogP) is 4.42. The summed E-state index contributed by atoms with van der Waals surface area (Å²) in [6, 6.07) is 21.7. The number of alkyl halides is 3. The van der Waals surface area contributed by atoms with Crippen LogP contribution in [-0.2, 0) is 6.18 Å². The molecule has 0 amide bonds. The van der Waals surface area contributed by atoms with Gasteiger partial charge in [0.05, 0.1) is 0 Å². The molecule has 0 aliphatic carbocycles. The van der Waals surface area contributed by atoms with Crippen LogP contribution in [0, 0.1) is 0 Å². The summed E-state index contributed by atoms with van der Waals surface area (Å²) in [5.41, 5.74) is 1.35. The van der Waals surface area contributed by atoms with Crippen molar-refractivity contribution in [1.29, 1.82) is 0 Å². The van der Waals surface area contributed by atoms with Crippen LogP contribution >= 0.6 is 0 Å². The molecule has 1 aliphatic heterocycles. The summed E-state index contributed by atoms with van der Waals surface area (Å²) in [5.74, 6) is 0.797. The Hall–Kier alpha value is -2.45. The van der Waals surface area contributed by atoms with Crippen LogP contribution in [0.2, 0.25) is 0 Å². The van der Waals surface area contributed by atoms with E-state index in [4.69, 9.17) is 4.74 Å². The summed E-state index contributed by atoms with van der Waals surface area (Å²) in [6.45, 7) is 0. The first-order valence-electron chi connectivity index (χ1n) is 8.40. The third-order valence-corrected chi connectivity index (χ3v) is 9.89. The number of halogens is 3. The monoisotopic (exact) mass is 428 g/mol. The molecule has 5 heteroatoms. The Morgan fingerprint density at radius 3 is 2.19 bits per heavy atom. The fraction of sp³-hybridized carbons (Fsp3) is 0.0909. The first-order chi connectivity index (χ1) is 13.0. The van der Waals surface area contributed by atoms with Gasteiger partial charge in [-0.3, -0.25) is 0 Å². The van der Waals surface area contributed by atoms with Gasteiger partial charge in [0.15, 0.2) is 0 Å². The van der Waals surface area contributed by atoms with Gasteiger partial charge >= 0.3 is 160 Å². The molecule has 136 valence electrons. The van der Waals surface area contributed by atoms with E-state index in [1.807, 2.05) is 30.3 Å². The van der Waals surface area contributed by atoms with Crippen molar-refractivity contribution in [3.63, 3.8) is 0 Å². The van der Waals surface area contributed by atoms with Crippen LogP contribution in [0.5, 0.6) is 5.75 Å². The van der Waals surface area contributed by atoms with E-state index >= 15 is 0 Å².